The number of ether oxygens (including phenoxy) is 12. The van der Waals surface area contributed by atoms with Crippen molar-refractivity contribution in [3.05, 3.63) is 0 Å². The Morgan fingerprint density at radius 3 is 1.20 bits per heavy atom. The summed E-state index contributed by atoms with van der Waals surface area (Å²) in [5.74, 6) is -3.56. The summed E-state index contributed by atoms with van der Waals surface area (Å²) in [6.45, 7) is -4.77. The highest BCUT2D eigenvalue weighted by Crippen LogP contribution is 2.37. The first-order valence-electron chi connectivity index (χ1n) is 29.2. The van der Waals surface area contributed by atoms with Crippen molar-refractivity contribution >= 4 is 34.0 Å². The van der Waals surface area contributed by atoms with Crippen LogP contribution in [0.15, 0.2) is 0 Å². The molecule has 0 aliphatic carbocycles. The lowest BCUT2D eigenvalue weighted by Crippen LogP contribution is -2.70. The fourth-order valence-electron chi connectivity index (χ4n) is 11.3. The second-order valence-corrected chi connectivity index (χ2v) is 23.9. The molecule has 0 aromatic heterocycles. The number of carbonyl (C=O) groups is 4. The first kappa shape index (κ1) is 79.5. The van der Waals surface area contributed by atoms with Gasteiger partial charge in [-0.3, -0.25) is 23.7 Å². The predicted octanol–water partition coefficient (Wildman–Crippen LogP) is -16.2. The van der Waals surface area contributed by atoms with E-state index in [9.17, 15) is 125 Å². The van der Waals surface area contributed by atoms with Crippen molar-refractivity contribution in [2.24, 2.45) is 0 Å². The summed E-state index contributed by atoms with van der Waals surface area (Å²) < 4.78 is 105. The largest absolute Gasteiger partial charge is 0.397 e. The average Bonchev–Trinajstić information content (AvgIpc) is 0.781. The molecule has 44 heteroatoms. The van der Waals surface area contributed by atoms with E-state index in [4.69, 9.17) is 61.4 Å². The minimum atomic E-state index is -5.15. The van der Waals surface area contributed by atoms with E-state index in [2.05, 4.69) is 25.5 Å². The van der Waals surface area contributed by atoms with E-state index in [1.165, 1.54) is 0 Å². The van der Waals surface area contributed by atoms with Crippen molar-refractivity contribution < 1.29 is 190 Å². The van der Waals surface area contributed by atoms with E-state index >= 15 is 0 Å². The third-order valence-corrected chi connectivity index (χ3v) is 16.4. The summed E-state index contributed by atoms with van der Waals surface area (Å²) in [6.07, 6.45) is -60.2. The molecule has 0 aromatic carbocycles. The summed E-state index contributed by atoms with van der Waals surface area (Å²) >= 11 is 0. The molecule has 0 radical (unpaired) electrons. The molecule has 43 nitrogen and oxygen atoms in total. The smallest absolute Gasteiger partial charge is 0.394 e. The van der Waals surface area contributed by atoms with Crippen LogP contribution in [0.5, 0.6) is 0 Å². The van der Waals surface area contributed by atoms with Crippen molar-refractivity contribution in [3.63, 3.8) is 0 Å². The molecule has 6 fully saturated rings. The second-order valence-electron chi connectivity index (χ2n) is 22.8. The second kappa shape index (κ2) is 35.0. The minimum absolute atomic E-state index is 0.860. The van der Waals surface area contributed by atoms with Gasteiger partial charge in [-0.2, -0.15) is 8.42 Å². The SMILES string of the molecule is CC(=O)N[C@H]1[C@H](O[C@H]2[C@@H](O)[C@@H](CO)O[C@@H](O[C@H]3[C@H](O)[C@@H](NC(C)=O)[C@H](OC[C@@H](O)[C@H](O)[C@H](O[C@@H]4O[C@H](CO)[C@@H](O[C@@H]5O[C@H](CO)[C@H](O)[C@H](O)[C@H]5O)[C@H](O)[C@H]4NC(C)=O)[C@H](CO)NC(C)=O)O[C@@H]3CO)[C@@H]2O)O[C@H](CO)[C@@H](O[C@@H]2O[C@H](COS(=O)(=O)O)[C@H](O)[C@H](O)[C@H]2O)[C@@H]1O. The quantitative estimate of drug-likeness (QED) is 0.0309. The fraction of sp³-hybridized carbons (Fsp3) is 0.920. The monoisotopic (exact) mass is 1400 g/mol. The van der Waals surface area contributed by atoms with Gasteiger partial charge in [0.2, 0.25) is 23.6 Å². The van der Waals surface area contributed by atoms with Crippen LogP contribution < -0.4 is 21.3 Å². The topological polar surface area (TPSA) is 675 Å². The molecule has 24 N–H and O–H groups in total. The third kappa shape index (κ3) is 19.3. The van der Waals surface area contributed by atoms with E-state index in [-0.39, 0.29) is 0 Å². The van der Waals surface area contributed by atoms with Gasteiger partial charge in [-0.1, -0.05) is 0 Å². The zero-order chi connectivity index (χ0) is 70.1. The molecule has 0 spiro atoms. The Kier molecular flexibility index (Phi) is 29.6. The number of nitrogens with one attached hydrogen (secondary N) is 4. The third-order valence-electron chi connectivity index (χ3n) is 16.0. The van der Waals surface area contributed by atoms with Crippen LogP contribution in [-0.2, 0) is 90.6 Å². The highest BCUT2D eigenvalue weighted by molar-refractivity contribution is 7.80. The number of hydrogen-bond donors (Lipinski definition) is 24. The number of aliphatic hydroxyl groups excluding tert-OH is 19. The zero-order valence-electron chi connectivity index (χ0n) is 50.4. The van der Waals surface area contributed by atoms with Crippen LogP contribution in [0.3, 0.4) is 0 Å². The molecule has 94 heavy (non-hydrogen) atoms. The highest BCUT2D eigenvalue weighted by Gasteiger charge is 2.58. The molecule has 0 saturated carbocycles. The molecule has 6 heterocycles. The summed E-state index contributed by atoms with van der Waals surface area (Å²) in [4.78, 5) is 50.3. The molecule has 34 atom stereocenters. The lowest BCUT2D eigenvalue weighted by atomic mass is 9.94. The number of carbonyl (C=O) groups excluding carboxylic acids is 4. The van der Waals surface area contributed by atoms with Gasteiger partial charge in [-0.05, 0) is 0 Å². The van der Waals surface area contributed by atoms with E-state index in [0.29, 0.717) is 0 Å². The van der Waals surface area contributed by atoms with E-state index in [1.807, 2.05) is 0 Å². The Balaban J connectivity index is 1.19. The van der Waals surface area contributed by atoms with Gasteiger partial charge in [0.1, 0.15) is 165 Å². The van der Waals surface area contributed by atoms with Crippen LogP contribution in [0.4, 0.5) is 0 Å². The van der Waals surface area contributed by atoms with Crippen LogP contribution in [0.1, 0.15) is 27.7 Å². The Hall–Kier alpha value is -3.49. The van der Waals surface area contributed by atoms with Gasteiger partial charge in [-0.25, -0.2) is 4.18 Å². The highest BCUT2D eigenvalue weighted by atomic mass is 32.3. The Labute approximate surface area is 533 Å². The number of amides is 4. The van der Waals surface area contributed by atoms with Gasteiger partial charge in [0, 0.05) is 27.7 Å². The molecule has 0 aromatic rings. The van der Waals surface area contributed by atoms with E-state index < -0.39 is 295 Å². The predicted molar refractivity (Wildman–Crippen MR) is 291 cm³/mol. The average molecular weight is 1400 g/mol. The van der Waals surface area contributed by atoms with Gasteiger partial charge in [-0.15, -0.1) is 0 Å². The first-order valence-corrected chi connectivity index (χ1v) is 30.5. The summed E-state index contributed by atoms with van der Waals surface area (Å²) in [6, 6.07) is -7.22. The maximum atomic E-state index is 12.7. The molecule has 0 bridgehead atoms. The minimum Gasteiger partial charge on any atom is -0.394 e. The van der Waals surface area contributed by atoms with Crippen LogP contribution >= 0.6 is 0 Å². The van der Waals surface area contributed by atoms with Gasteiger partial charge >= 0.3 is 10.4 Å². The Morgan fingerprint density at radius 1 is 0.426 bits per heavy atom. The van der Waals surface area contributed by atoms with Crippen molar-refractivity contribution in [1.29, 1.82) is 0 Å². The van der Waals surface area contributed by atoms with Crippen molar-refractivity contribution in [1.82, 2.24) is 21.3 Å². The molecule has 6 aliphatic heterocycles. The van der Waals surface area contributed by atoms with Gasteiger partial charge < -0.3 is 175 Å². The van der Waals surface area contributed by atoms with Crippen molar-refractivity contribution in [2.75, 3.05) is 52.9 Å². The van der Waals surface area contributed by atoms with Crippen molar-refractivity contribution in [2.45, 2.75) is 236 Å². The summed E-state index contributed by atoms with van der Waals surface area (Å²) in [7, 11) is -5.15. The molecule has 6 rings (SSSR count). The number of rotatable bonds is 29. The molecule has 6 aliphatic rings. The van der Waals surface area contributed by atoms with Crippen LogP contribution in [0, 0.1) is 0 Å². The van der Waals surface area contributed by atoms with Gasteiger partial charge in [0.05, 0.1) is 58.9 Å². The van der Waals surface area contributed by atoms with Crippen LogP contribution in [0.25, 0.3) is 0 Å². The maximum Gasteiger partial charge on any atom is 0.397 e. The number of aliphatic hydroxyl groups is 19. The molecule has 546 valence electrons. The van der Waals surface area contributed by atoms with Crippen LogP contribution in [-0.4, -0.2) is 395 Å². The van der Waals surface area contributed by atoms with E-state index in [1.54, 1.807) is 0 Å². The molecular weight excluding hydrogens is 1310 g/mol. The molecule has 6 saturated heterocycles. The lowest BCUT2D eigenvalue weighted by Gasteiger charge is -2.50. The van der Waals surface area contributed by atoms with E-state index in [0.717, 1.165) is 27.7 Å². The summed E-state index contributed by atoms with van der Waals surface area (Å²) in [5, 5.41) is 216. The molecular formula is C50H86N4O39S. The fourth-order valence-corrected chi connectivity index (χ4v) is 11.6. The molecule has 0 unspecified atom stereocenters. The standard InChI is InChI=1S/C50H86N4O39S/c1-13(61)51-17(5-55)40(89-46-26(53-15(3)63)33(71)42(22(9-59)86-46)90-48-37(75)35(73)29(67)19(6-56)83-48)28(66)18(65)11-81-45-25(52-14(2)62)32(70)41(21(8-58)85-45)92-50-39(77)44(31(69)20(7-57)84-50)93-47-27(54-16(4)64)34(72)43(23(10-60)87-47)91-49-38(76)36(74)30(68)24(88-49)12-82-94(78,79)80/h17-50,55-60,65-77H,5-12H2,1-4H3,(H,51,61)(H,52,62)(H,53,63)(H,54,64)(H,78,79,80)/t17-,18+,19+,20+,21+,22+,23+,24+,25+,26+,27+,28-,29-,30-,31-,32+,33+,34+,35-,36-,37+,38+,39+,40+,41+,42+,43+,44-,45+,46-,47-,48-,49-,50-/m0/s1. The molecule has 4 amide bonds. The normalized spacial score (nSPS) is 42.7. The van der Waals surface area contributed by atoms with Crippen LogP contribution in [0.2, 0.25) is 0 Å². The van der Waals surface area contributed by atoms with Gasteiger partial charge in [0.15, 0.2) is 37.7 Å². The zero-order valence-corrected chi connectivity index (χ0v) is 51.2. The first-order chi connectivity index (χ1) is 44.1. The number of hydrogen-bond acceptors (Lipinski definition) is 38. The Bertz CT molecular complexity index is 2520. The summed E-state index contributed by atoms with van der Waals surface area (Å²) in [5.41, 5.74) is 0. The van der Waals surface area contributed by atoms with Gasteiger partial charge in [0.25, 0.3) is 0 Å². The van der Waals surface area contributed by atoms with Crippen molar-refractivity contribution in [3.8, 4) is 0 Å². The Morgan fingerprint density at radius 2 is 0.787 bits per heavy atom. The lowest BCUT2D eigenvalue weighted by molar-refractivity contribution is -0.378. The maximum absolute atomic E-state index is 12.7.